The van der Waals surface area contributed by atoms with Crippen molar-refractivity contribution in [2.75, 3.05) is 13.2 Å². The molecule has 0 aliphatic heterocycles. The van der Waals surface area contributed by atoms with Crippen LogP contribution in [0.5, 0.6) is 5.75 Å². The summed E-state index contributed by atoms with van der Waals surface area (Å²) in [6.45, 7) is 0.390. The second-order valence-corrected chi connectivity index (χ2v) is 5.97. The summed E-state index contributed by atoms with van der Waals surface area (Å²) < 4.78 is 31.5. The molecule has 3 nitrogen and oxygen atoms in total. The van der Waals surface area contributed by atoms with E-state index in [1.54, 1.807) is 0 Å². The maximum Gasteiger partial charge on any atom is 0.232 e. The van der Waals surface area contributed by atoms with Crippen LogP contribution >= 0.6 is 0 Å². The molecule has 0 radical (unpaired) electrons. The van der Waals surface area contributed by atoms with E-state index < -0.39 is 17.6 Å². The van der Waals surface area contributed by atoms with E-state index in [1.807, 2.05) is 60.7 Å². The van der Waals surface area contributed by atoms with Gasteiger partial charge >= 0.3 is 0 Å². The van der Waals surface area contributed by atoms with Crippen LogP contribution in [0.4, 0.5) is 8.78 Å². The van der Waals surface area contributed by atoms with Crippen LogP contribution in [-0.2, 0) is 4.79 Å². The van der Waals surface area contributed by atoms with Crippen molar-refractivity contribution in [1.29, 1.82) is 0 Å². The first-order valence-electron chi connectivity index (χ1n) is 8.60. The first kappa shape index (κ1) is 18.6. The lowest BCUT2D eigenvalue weighted by Crippen LogP contribution is -2.33. The van der Waals surface area contributed by atoms with Crippen molar-refractivity contribution in [1.82, 2.24) is 5.32 Å². The largest absolute Gasteiger partial charge is 0.492 e. The number of carbonyl (C=O) groups excluding carboxylic acids is 1. The maximum absolute atomic E-state index is 13.2. The Bertz CT molecular complexity index is 846. The van der Waals surface area contributed by atoms with Crippen LogP contribution < -0.4 is 10.1 Å². The first-order valence-corrected chi connectivity index (χ1v) is 8.60. The molecule has 3 rings (SSSR count). The van der Waals surface area contributed by atoms with Gasteiger partial charge in [-0.2, -0.15) is 0 Å². The summed E-state index contributed by atoms with van der Waals surface area (Å²) in [6, 6.07) is 22.4. The summed E-state index contributed by atoms with van der Waals surface area (Å²) in [5, 5.41) is 2.84. The highest BCUT2D eigenvalue weighted by molar-refractivity contribution is 5.87. The van der Waals surface area contributed by atoms with Gasteiger partial charge in [0, 0.05) is 6.07 Å². The minimum Gasteiger partial charge on any atom is -0.492 e. The number of rotatable bonds is 7. The van der Waals surface area contributed by atoms with Gasteiger partial charge in [-0.3, -0.25) is 4.79 Å². The molecule has 0 heterocycles. The summed E-state index contributed by atoms with van der Waals surface area (Å²) in [6.07, 6.45) is 0. The third-order valence-corrected chi connectivity index (χ3v) is 4.09. The monoisotopic (exact) mass is 367 g/mol. The Morgan fingerprint density at radius 1 is 0.852 bits per heavy atom. The molecule has 0 spiro atoms. The second kappa shape index (κ2) is 8.94. The number of nitrogens with one attached hydrogen (secondary N) is 1. The fourth-order valence-corrected chi connectivity index (χ4v) is 2.80. The zero-order valence-electron chi connectivity index (χ0n) is 14.6. The van der Waals surface area contributed by atoms with Gasteiger partial charge in [0.25, 0.3) is 0 Å². The molecular weight excluding hydrogens is 348 g/mol. The van der Waals surface area contributed by atoms with Crippen molar-refractivity contribution >= 4 is 5.91 Å². The van der Waals surface area contributed by atoms with E-state index in [1.165, 1.54) is 6.07 Å². The predicted octanol–water partition coefficient (Wildman–Crippen LogP) is 4.29. The highest BCUT2D eigenvalue weighted by atomic mass is 19.2. The Labute approximate surface area is 156 Å². The lowest BCUT2D eigenvalue weighted by atomic mass is 9.90. The normalized spacial score (nSPS) is 10.6. The first-order chi connectivity index (χ1) is 13.1. The smallest absolute Gasteiger partial charge is 0.232 e. The Morgan fingerprint density at radius 2 is 1.44 bits per heavy atom. The molecule has 0 unspecified atom stereocenters. The van der Waals surface area contributed by atoms with E-state index in [9.17, 15) is 13.6 Å². The fraction of sp³-hybridized carbons (Fsp3) is 0.136. The molecule has 0 aliphatic carbocycles. The highest BCUT2D eigenvalue weighted by Crippen LogP contribution is 2.24. The standard InChI is InChI=1S/C22H19F2NO2/c23-19-12-11-18(15-20(19)24)27-14-13-25-22(26)21(16-7-3-1-4-8-16)17-9-5-2-6-10-17/h1-12,15,21H,13-14H2,(H,25,26). The summed E-state index contributed by atoms with van der Waals surface area (Å²) in [4.78, 5) is 12.8. The third-order valence-electron chi connectivity index (χ3n) is 4.09. The van der Waals surface area contributed by atoms with Gasteiger partial charge in [-0.25, -0.2) is 8.78 Å². The van der Waals surface area contributed by atoms with Crippen molar-refractivity contribution in [3.05, 3.63) is 102 Å². The Hall–Kier alpha value is -3.21. The minimum absolute atomic E-state index is 0.146. The third kappa shape index (κ3) is 4.91. The quantitative estimate of drug-likeness (QED) is 0.633. The molecule has 138 valence electrons. The van der Waals surface area contributed by atoms with Gasteiger partial charge < -0.3 is 10.1 Å². The molecule has 3 aromatic carbocycles. The van der Waals surface area contributed by atoms with Gasteiger partial charge in [0.15, 0.2) is 11.6 Å². The van der Waals surface area contributed by atoms with E-state index in [-0.39, 0.29) is 24.8 Å². The molecule has 1 N–H and O–H groups in total. The van der Waals surface area contributed by atoms with E-state index in [0.29, 0.717) is 0 Å². The molecule has 1 amide bonds. The fourth-order valence-electron chi connectivity index (χ4n) is 2.80. The van der Waals surface area contributed by atoms with Crippen LogP contribution in [-0.4, -0.2) is 19.1 Å². The summed E-state index contributed by atoms with van der Waals surface area (Å²) in [5.41, 5.74) is 1.78. The van der Waals surface area contributed by atoms with Crippen molar-refractivity contribution in [2.45, 2.75) is 5.92 Å². The number of halogens is 2. The minimum atomic E-state index is -0.968. The SMILES string of the molecule is O=C(NCCOc1ccc(F)c(F)c1)C(c1ccccc1)c1ccccc1. The predicted molar refractivity (Wildman–Crippen MR) is 99.6 cm³/mol. The van der Waals surface area contributed by atoms with E-state index in [2.05, 4.69) is 5.32 Å². The van der Waals surface area contributed by atoms with E-state index >= 15 is 0 Å². The van der Waals surface area contributed by atoms with Crippen LogP contribution in [0, 0.1) is 11.6 Å². The molecular formula is C22H19F2NO2. The average molecular weight is 367 g/mol. The lowest BCUT2D eigenvalue weighted by molar-refractivity contribution is -0.121. The Balaban J connectivity index is 1.62. The number of hydrogen-bond donors (Lipinski definition) is 1. The zero-order chi connectivity index (χ0) is 19.1. The van der Waals surface area contributed by atoms with Crippen LogP contribution in [0.15, 0.2) is 78.9 Å². The van der Waals surface area contributed by atoms with Crippen LogP contribution in [0.2, 0.25) is 0 Å². The van der Waals surface area contributed by atoms with Crippen molar-refractivity contribution < 1.29 is 18.3 Å². The van der Waals surface area contributed by atoms with Crippen LogP contribution in [0.1, 0.15) is 17.0 Å². The number of ether oxygens (including phenoxy) is 1. The molecule has 0 aliphatic rings. The zero-order valence-corrected chi connectivity index (χ0v) is 14.6. The van der Waals surface area contributed by atoms with Gasteiger partial charge in [-0.15, -0.1) is 0 Å². The van der Waals surface area contributed by atoms with Gasteiger partial charge in [-0.1, -0.05) is 60.7 Å². The highest BCUT2D eigenvalue weighted by Gasteiger charge is 2.22. The summed E-state index contributed by atoms with van der Waals surface area (Å²) in [7, 11) is 0. The van der Waals surface area contributed by atoms with Gasteiger partial charge in [0.1, 0.15) is 12.4 Å². The molecule has 0 saturated heterocycles. The van der Waals surface area contributed by atoms with Crippen LogP contribution in [0.3, 0.4) is 0 Å². The summed E-state index contributed by atoms with van der Waals surface area (Å²) in [5.74, 6) is -2.27. The molecule has 0 saturated carbocycles. The Morgan fingerprint density at radius 3 is 2.00 bits per heavy atom. The van der Waals surface area contributed by atoms with E-state index in [0.717, 1.165) is 23.3 Å². The number of hydrogen-bond acceptors (Lipinski definition) is 2. The second-order valence-electron chi connectivity index (χ2n) is 5.97. The van der Waals surface area contributed by atoms with Crippen molar-refractivity contribution in [3.8, 4) is 5.75 Å². The Kier molecular flexibility index (Phi) is 6.15. The lowest BCUT2D eigenvalue weighted by Gasteiger charge is -2.18. The van der Waals surface area contributed by atoms with Crippen LogP contribution in [0.25, 0.3) is 0 Å². The molecule has 0 fully saturated rings. The van der Waals surface area contributed by atoms with E-state index in [4.69, 9.17) is 4.74 Å². The molecule has 0 atom stereocenters. The van der Waals surface area contributed by atoms with Gasteiger partial charge in [0.05, 0.1) is 12.5 Å². The molecule has 27 heavy (non-hydrogen) atoms. The number of carbonyl (C=O) groups is 1. The average Bonchev–Trinajstić information content (AvgIpc) is 2.70. The molecule has 0 aromatic heterocycles. The molecule has 3 aromatic rings. The van der Waals surface area contributed by atoms with Gasteiger partial charge in [0.2, 0.25) is 5.91 Å². The van der Waals surface area contributed by atoms with Crippen molar-refractivity contribution in [3.63, 3.8) is 0 Å². The number of amides is 1. The summed E-state index contributed by atoms with van der Waals surface area (Å²) >= 11 is 0. The van der Waals surface area contributed by atoms with Gasteiger partial charge in [-0.05, 0) is 23.3 Å². The molecule has 5 heteroatoms. The molecule has 0 bridgehead atoms. The topological polar surface area (TPSA) is 38.3 Å². The number of benzene rings is 3. The van der Waals surface area contributed by atoms with Crippen molar-refractivity contribution in [2.24, 2.45) is 0 Å². The maximum atomic E-state index is 13.2.